The van der Waals surface area contributed by atoms with Crippen LogP contribution in [0.15, 0.2) is 53.5 Å². The number of halogens is 2. The second kappa shape index (κ2) is 11.5. The summed E-state index contributed by atoms with van der Waals surface area (Å²) < 4.78 is 18.6. The Kier molecular flexibility index (Phi) is 8.77. The summed E-state index contributed by atoms with van der Waals surface area (Å²) in [5.41, 5.74) is 3.56. The van der Waals surface area contributed by atoms with E-state index in [0.717, 1.165) is 70.7 Å². The average Bonchev–Trinajstić information content (AvgIpc) is 2.81. The highest BCUT2D eigenvalue weighted by atomic mass is 127. The number of morpholine rings is 1. The van der Waals surface area contributed by atoms with Gasteiger partial charge in [0.05, 0.1) is 13.2 Å². The van der Waals surface area contributed by atoms with Crippen molar-refractivity contribution in [3.8, 4) is 0 Å². The lowest BCUT2D eigenvalue weighted by atomic mass is 10.2. The Morgan fingerprint density at radius 2 is 1.42 bits per heavy atom. The second-order valence-corrected chi connectivity index (χ2v) is 7.62. The predicted molar refractivity (Wildman–Crippen MR) is 135 cm³/mol. The molecule has 0 saturated carbocycles. The van der Waals surface area contributed by atoms with Crippen LogP contribution in [0, 0.1) is 5.82 Å². The molecule has 8 heteroatoms. The Hall–Kier alpha value is -2.07. The van der Waals surface area contributed by atoms with Crippen LogP contribution >= 0.6 is 24.0 Å². The van der Waals surface area contributed by atoms with E-state index in [4.69, 9.17) is 4.74 Å². The van der Waals surface area contributed by atoms with Crippen molar-refractivity contribution in [2.24, 2.45) is 4.99 Å². The summed E-state index contributed by atoms with van der Waals surface area (Å²) in [5, 5.41) is 3.49. The van der Waals surface area contributed by atoms with Crippen molar-refractivity contribution < 1.29 is 9.13 Å². The first-order valence-corrected chi connectivity index (χ1v) is 10.6. The van der Waals surface area contributed by atoms with Gasteiger partial charge in [-0.15, -0.1) is 24.0 Å². The third kappa shape index (κ3) is 6.22. The molecule has 1 N–H and O–H groups in total. The van der Waals surface area contributed by atoms with Crippen molar-refractivity contribution in [2.75, 3.05) is 69.3 Å². The first kappa shape index (κ1) is 23.6. The summed E-state index contributed by atoms with van der Waals surface area (Å²) in [5.74, 6) is 0.728. The molecule has 168 valence electrons. The van der Waals surface area contributed by atoms with Crippen LogP contribution in [0.5, 0.6) is 0 Å². The fourth-order valence-electron chi connectivity index (χ4n) is 3.99. The van der Waals surface area contributed by atoms with E-state index in [-0.39, 0.29) is 29.8 Å². The Morgan fingerprint density at radius 3 is 2.00 bits per heavy atom. The number of aliphatic imine (C=N–C) groups is 1. The molecular weight excluding hydrogens is 508 g/mol. The minimum atomic E-state index is -0.194. The zero-order valence-corrected chi connectivity index (χ0v) is 20.3. The summed E-state index contributed by atoms with van der Waals surface area (Å²) in [6, 6.07) is 15.5. The largest absolute Gasteiger partial charge is 0.378 e. The van der Waals surface area contributed by atoms with E-state index in [1.807, 2.05) is 19.2 Å². The van der Waals surface area contributed by atoms with Crippen molar-refractivity contribution in [2.45, 2.75) is 6.54 Å². The maximum absolute atomic E-state index is 13.2. The number of piperazine rings is 1. The van der Waals surface area contributed by atoms with Crippen molar-refractivity contribution in [3.05, 3.63) is 59.9 Å². The average molecular weight is 539 g/mol. The van der Waals surface area contributed by atoms with E-state index in [2.05, 4.69) is 49.3 Å². The summed E-state index contributed by atoms with van der Waals surface area (Å²) in [4.78, 5) is 11.4. The van der Waals surface area contributed by atoms with E-state index in [1.165, 1.54) is 23.4 Å². The first-order chi connectivity index (χ1) is 14.7. The summed E-state index contributed by atoms with van der Waals surface area (Å²) in [6.07, 6.45) is 0. The molecule has 4 rings (SSSR count). The highest BCUT2D eigenvalue weighted by molar-refractivity contribution is 14.0. The fourth-order valence-corrected chi connectivity index (χ4v) is 3.99. The highest BCUT2D eigenvalue weighted by Crippen LogP contribution is 2.18. The van der Waals surface area contributed by atoms with Crippen LogP contribution in [0.1, 0.15) is 5.56 Å². The molecule has 0 aromatic heterocycles. The molecule has 0 amide bonds. The number of benzene rings is 2. The number of nitrogens with zero attached hydrogens (tertiary/aromatic N) is 4. The number of ether oxygens (including phenoxy) is 1. The maximum atomic E-state index is 13.2. The van der Waals surface area contributed by atoms with Gasteiger partial charge in [-0.2, -0.15) is 0 Å². The SMILES string of the molecule is CN=C(NCc1ccc(N2CCOCC2)cc1)N1CCN(c2ccc(F)cc2)CC1.I. The van der Waals surface area contributed by atoms with Crippen molar-refractivity contribution in [3.63, 3.8) is 0 Å². The summed E-state index contributed by atoms with van der Waals surface area (Å²) in [6.45, 7) is 7.79. The Bertz CT molecular complexity index is 832. The zero-order chi connectivity index (χ0) is 20.8. The molecule has 0 atom stereocenters. The zero-order valence-electron chi connectivity index (χ0n) is 18.0. The molecule has 2 aromatic rings. The second-order valence-electron chi connectivity index (χ2n) is 7.62. The standard InChI is InChI=1S/C23H30FN5O.HI/c1-25-23(29-12-10-27(11-13-29)22-8-4-20(24)5-9-22)26-18-19-2-6-21(7-3-19)28-14-16-30-17-15-28;/h2-9H,10-18H2,1H3,(H,25,26);1H. The van der Waals surface area contributed by atoms with Gasteiger partial charge in [0.1, 0.15) is 5.82 Å². The van der Waals surface area contributed by atoms with Gasteiger partial charge < -0.3 is 24.8 Å². The maximum Gasteiger partial charge on any atom is 0.194 e. The number of nitrogens with one attached hydrogen (secondary N) is 1. The molecule has 2 aliphatic heterocycles. The van der Waals surface area contributed by atoms with Gasteiger partial charge >= 0.3 is 0 Å². The normalized spacial score (nSPS) is 17.4. The van der Waals surface area contributed by atoms with E-state index < -0.39 is 0 Å². The lowest BCUT2D eigenvalue weighted by Gasteiger charge is -2.37. The van der Waals surface area contributed by atoms with Crippen LogP contribution in [-0.2, 0) is 11.3 Å². The first-order valence-electron chi connectivity index (χ1n) is 10.6. The molecule has 2 heterocycles. The molecule has 2 fully saturated rings. The van der Waals surface area contributed by atoms with Gasteiger partial charge in [0.25, 0.3) is 0 Å². The lowest BCUT2D eigenvalue weighted by Crippen LogP contribution is -2.52. The van der Waals surface area contributed by atoms with Crippen LogP contribution < -0.4 is 15.1 Å². The lowest BCUT2D eigenvalue weighted by molar-refractivity contribution is 0.122. The number of guanidine groups is 1. The quantitative estimate of drug-likeness (QED) is 0.368. The Labute approximate surface area is 201 Å². The van der Waals surface area contributed by atoms with Gasteiger partial charge in [-0.25, -0.2) is 4.39 Å². The molecule has 2 aromatic carbocycles. The molecule has 31 heavy (non-hydrogen) atoms. The number of anilines is 2. The molecule has 0 unspecified atom stereocenters. The van der Waals surface area contributed by atoms with Gasteiger partial charge in [-0.05, 0) is 42.0 Å². The topological polar surface area (TPSA) is 43.3 Å². The van der Waals surface area contributed by atoms with Crippen LogP contribution in [0.25, 0.3) is 0 Å². The monoisotopic (exact) mass is 539 g/mol. The Balaban J connectivity index is 0.00000272. The van der Waals surface area contributed by atoms with Crippen LogP contribution in [-0.4, -0.2) is 70.4 Å². The van der Waals surface area contributed by atoms with Gasteiger partial charge in [-0.3, -0.25) is 4.99 Å². The van der Waals surface area contributed by atoms with Crippen LogP contribution in [0.4, 0.5) is 15.8 Å². The highest BCUT2D eigenvalue weighted by Gasteiger charge is 2.20. The van der Waals surface area contributed by atoms with Crippen LogP contribution in [0.3, 0.4) is 0 Å². The summed E-state index contributed by atoms with van der Waals surface area (Å²) in [7, 11) is 1.83. The third-order valence-corrected chi connectivity index (χ3v) is 5.75. The third-order valence-electron chi connectivity index (χ3n) is 5.75. The molecule has 0 bridgehead atoms. The van der Waals surface area contributed by atoms with E-state index in [0.29, 0.717) is 0 Å². The number of hydrogen-bond acceptors (Lipinski definition) is 4. The van der Waals surface area contributed by atoms with Gasteiger partial charge in [0.15, 0.2) is 5.96 Å². The predicted octanol–water partition coefficient (Wildman–Crippen LogP) is 3.18. The molecule has 2 saturated heterocycles. The van der Waals surface area contributed by atoms with Crippen molar-refractivity contribution >= 4 is 41.3 Å². The van der Waals surface area contributed by atoms with Crippen LogP contribution in [0.2, 0.25) is 0 Å². The van der Waals surface area contributed by atoms with Gasteiger partial charge in [-0.1, -0.05) is 12.1 Å². The van der Waals surface area contributed by atoms with E-state index >= 15 is 0 Å². The molecule has 0 aliphatic carbocycles. The van der Waals surface area contributed by atoms with Crippen molar-refractivity contribution in [1.82, 2.24) is 10.2 Å². The fraction of sp³-hybridized carbons (Fsp3) is 0.435. The minimum Gasteiger partial charge on any atom is -0.378 e. The molecule has 0 radical (unpaired) electrons. The summed E-state index contributed by atoms with van der Waals surface area (Å²) >= 11 is 0. The Morgan fingerprint density at radius 1 is 0.871 bits per heavy atom. The molecule has 0 spiro atoms. The van der Waals surface area contributed by atoms with E-state index in [9.17, 15) is 4.39 Å². The molecule has 6 nitrogen and oxygen atoms in total. The number of hydrogen-bond donors (Lipinski definition) is 1. The smallest absolute Gasteiger partial charge is 0.194 e. The van der Waals surface area contributed by atoms with Gasteiger partial charge in [0, 0.05) is 64.2 Å². The number of rotatable bonds is 4. The molecular formula is C23H31FIN5O. The van der Waals surface area contributed by atoms with Gasteiger partial charge in [0.2, 0.25) is 0 Å². The minimum absolute atomic E-state index is 0. The van der Waals surface area contributed by atoms with Crippen molar-refractivity contribution in [1.29, 1.82) is 0 Å². The van der Waals surface area contributed by atoms with E-state index in [1.54, 1.807) is 0 Å². The molecule has 2 aliphatic rings.